The van der Waals surface area contributed by atoms with E-state index in [9.17, 15) is 13.6 Å². The molecule has 1 atom stereocenters. The summed E-state index contributed by atoms with van der Waals surface area (Å²) in [5.74, 6) is -0.514. The summed E-state index contributed by atoms with van der Waals surface area (Å²) >= 11 is 3.39. The third-order valence-electron chi connectivity index (χ3n) is 4.21. The molecular weight excluding hydrogens is 424 g/mol. The van der Waals surface area contributed by atoms with E-state index in [2.05, 4.69) is 25.9 Å². The van der Waals surface area contributed by atoms with Gasteiger partial charge in [0.1, 0.15) is 17.2 Å². The average molecular weight is 438 g/mol. The number of oxazole rings is 1. The molecule has 4 rings (SSSR count). The number of nitrogens with two attached hydrogens (primary N) is 1. The van der Waals surface area contributed by atoms with Crippen molar-refractivity contribution in [1.29, 1.82) is 0 Å². The minimum absolute atomic E-state index is 0.0155. The van der Waals surface area contributed by atoms with Gasteiger partial charge in [-0.3, -0.25) is 0 Å². The number of halogens is 3. The first-order chi connectivity index (χ1) is 12.9. The highest BCUT2D eigenvalue weighted by Gasteiger charge is 2.30. The predicted octanol–water partition coefficient (Wildman–Crippen LogP) is 4.52. The summed E-state index contributed by atoms with van der Waals surface area (Å²) in [4.78, 5) is 20.2. The number of hydrogen-bond donors (Lipinski definition) is 1. The van der Waals surface area contributed by atoms with Crippen LogP contribution < -0.4 is 5.73 Å². The highest BCUT2D eigenvalue weighted by Crippen LogP contribution is 2.41. The van der Waals surface area contributed by atoms with Gasteiger partial charge in [-0.05, 0) is 52.5 Å². The number of pyridine rings is 1. The lowest BCUT2D eigenvalue weighted by Gasteiger charge is -2.17. The molecule has 3 aromatic rings. The molecule has 1 fully saturated rings. The van der Waals surface area contributed by atoms with Crippen LogP contribution in [0.25, 0.3) is 11.2 Å². The number of benzene rings is 1. The van der Waals surface area contributed by atoms with E-state index >= 15 is 0 Å². The summed E-state index contributed by atoms with van der Waals surface area (Å²) in [5.41, 5.74) is 6.67. The Bertz CT molecular complexity index is 1020. The van der Waals surface area contributed by atoms with Crippen molar-refractivity contribution in [2.75, 3.05) is 0 Å². The number of hydrogen-bond acceptors (Lipinski definition) is 5. The Kier molecular flexibility index (Phi) is 4.55. The second-order valence-electron chi connectivity index (χ2n) is 6.41. The first kappa shape index (κ1) is 17.8. The third-order valence-corrected chi connectivity index (χ3v) is 4.85. The molecule has 1 aromatic carbocycles. The fraction of sp³-hybridized carbons (Fsp3) is 0.278. The number of carbonyl (C=O) groups excluding carboxylic acids is 1. The van der Waals surface area contributed by atoms with Crippen molar-refractivity contribution in [3.05, 3.63) is 57.5 Å². The molecule has 2 aromatic heterocycles. The number of fused-ring (bicyclic) bond motifs is 1. The van der Waals surface area contributed by atoms with Crippen molar-refractivity contribution in [2.45, 2.75) is 31.3 Å². The largest absolute Gasteiger partial charge is 0.439 e. The van der Waals surface area contributed by atoms with Gasteiger partial charge in [-0.1, -0.05) is 0 Å². The highest BCUT2D eigenvalue weighted by molar-refractivity contribution is 9.10. The van der Waals surface area contributed by atoms with Crippen molar-refractivity contribution in [2.24, 2.45) is 5.73 Å². The number of amides is 1. The number of carbonyl (C=O) groups is 1. The fourth-order valence-electron chi connectivity index (χ4n) is 2.88. The maximum absolute atomic E-state index is 13.5. The maximum Gasteiger partial charge on any atom is 0.405 e. The lowest BCUT2D eigenvalue weighted by molar-refractivity contribution is 0.104. The molecule has 0 unspecified atom stereocenters. The zero-order valence-electron chi connectivity index (χ0n) is 13.9. The molecule has 140 valence electrons. The highest BCUT2D eigenvalue weighted by atomic mass is 79.9. The van der Waals surface area contributed by atoms with E-state index in [-0.39, 0.29) is 6.42 Å². The molecular formula is C18H14BrF2N3O3. The van der Waals surface area contributed by atoms with Gasteiger partial charge in [0.25, 0.3) is 0 Å². The van der Waals surface area contributed by atoms with Gasteiger partial charge < -0.3 is 14.9 Å². The van der Waals surface area contributed by atoms with Crippen LogP contribution in [0.3, 0.4) is 0 Å². The Morgan fingerprint density at radius 2 is 1.96 bits per heavy atom. The van der Waals surface area contributed by atoms with Crippen molar-refractivity contribution in [3.8, 4) is 0 Å². The molecule has 9 heteroatoms. The minimum Gasteiger partial charge on any atom is -0.439 e. The second kappa shape index (κ2) is 6.88. The average Bonchev–Trinajstić information content (AvgIpc) is 3.33. The zero-order valence-corrected chi connectivity index (χ0v) is 15.5. The first-order valence-corrected chi connectivity index (χ1v) is 9.06. The molecule has 0 aliphatic heterocycles. The van der Waals surface area contributed by atoms with Crippen LogP contribution in [0.15, 0.2) is 33.2 Å². The van der Waals surface area contributed by atoms with Crippen LogP contribution in [0, 0.1) is 11.6 Å². The zero-order chi connectivity index (χ0) is 19.1. The maximum atomic E-state index is 13.5. The van der Waals surface area contributed by atoms with Crippen molar-refractivity contribution in [1.82, 2.24) is 9.97 Å². The number of nitrogens with zero attached hydrogens (tertiary/aromatic N) is 2. The van der Waals surface area contributed by atoms with Gasteiger partial charge in [0.15, 0.2) is 6.10 Å². The van der Waals surface area contributed by atoms with E-state index in [1.54, 1.807) is 6.07 Å². The predicted molar refractivity (Wildman–Crippen MR) is 95.0 cm³/mol. The lowest BCUT2D eigenvalue weighted by atomic mass is 10.0. The van der Waals surface area contributed by atoms with E-state index in [4.69, 9.17) is 14.9 Å². The Labute approximate surface area is 160 Å². The molecule has 1 amide bonds. The van der Waals surface area contributed by atoms with E-state index in [0.717, 1.165) is 31.0 Å². The van der Waals surface area contributed by atoms with E-state index < -0.39 is 23.8 Å². The van der Waals surface area contributed by atoms with Crippen LogP contribution in [0.1, 0.15) is 42.0 Å². The molecule has 0 spiro atoms. The molecule has 0 bridgehead atoms. The van der Waals surface area contributed by atoms with Gasteiger partial charge in [0.05, 0.1) is 5.69 Å². The normalized spacial score (nSPS) is 15.1. The fourth-order valence-corrected chi connectivity index (χ4v) is 3.44. The summed E-state index contributed by atoms with van der Waals surface area (Å²) < 4.78 is 38.4. The molecule has 1 aliphatic carbocycles. The van der Waals surface area contributed by atoms with Gasteiger partial charge in [0.2, 0.25) is 11.6 Å². The van der Waals surface area contributed by atoms with Gasteiger partial charge >= 0.3 is 6.09 Å². The summed E-state index contributed by atoms with van der Waals surface area (Å²) in [6.07, 6.45) is 0.0517. The van der Waals surface area contributed by atoms with Crippen LogP contribution in [-0.4, -0.2) is 16.1 Å². The standard InChI is InChI=1S/C18H14BrF2N3O3/c19-12-7-13-17(27-16(23-13)9-1-2-9)24-15(12)14(26-18(22)25)5-8-3-10(20)6-11(21)4-8/h3-4,6-7,9,14H,1-2,5H2,(H2,22,25)/t14-/m0/s1. The summed E-state index contributed by atoms with van der Waals surface area (Å²) in [6, 6.07) is 4.79. The van der Waals surface area contributed by atoms with Crippen LogP contribution >= 0.6 is 15.9 Å². The van der Waals surface area contributed by atoms with Crippen molar-refractivity contribution in [3.63, 3.8) is 0 Å². The molecule has 1 saturated carbocycles. The topological polar surface area (TPSA) is 91.2 Å². The molecule has 6 nitrogen and oxygen atoms in total. The minimum atomic E-state index is -1.03. The van der Waals surface area contributed by atoms with E-state index in [0.29, 0.717) is 38.8 Å². The van der Waals surface area contributed by atoms with Gasteiger partial charge in [-0.25, -0.2) is 23.5 Å². The summed E-state index contributed by atoms with van der Waals surface area (Å²) in [6.45, 7) is 0. The number of ether oxygens (including phenoxy) is 1. The summed E-state index contributed by atoms with van der Waals surface area (Å²) in [5, 5.41) is 0. The van der Waals surface area contributed by atoms with Crippen molar-refractivity contribution >= 4 is 33.3 Å². The van der Waals surface area contributed by atoms with Crippen LogP contribution in [0.5, 0.6) is 0 Å². The SMILES string of the molecule is NC(=O)O[C@@H](Cc1cc(F)cc(F)c1)c1nc2oc(C3CC3)nc2cc1Br. The van der Waals surface area contributed by atoms with Gasteiger partial charge in [0, 0.05) is 22.9 Å². The van der Waals surface area contributed by atoms with Gasteiger partial charge in [-0.2, -0.15) is 0 Å². The third kappa shape index (κ3) is 3.92. The van der Waals surface area contributed by atoms with Gasteiger partial charge in [-0.15, -0.1) is 0 Å². The number of aromatic nitrogens is 2. The van der Waals surface area contributed by atoms with Crippen LogP contribution in [0.2, 0.25) is 0 Å². The molecule has 0 radical (unpaired) electrons. The smallest absolute Gasteiger partial charge is 0.405 e. The quantitative estimate of drug-likeness (QED) is 0.633. The Morgan fingerprint density at radius 1 is 1.26 bits per heavy atom. The first-order valence-electron chi connectivity index (χ1n) is 8.27. The molecule has 27 heavy (non-hydrogen) atoms. The van der Waals surface area contributed by atoms with Crippen LogP contribution in [-0.2, 0) is 11.2 Å². The van der Waals surface area contributed by atoms with Crippen molar-refractivity contribution < 1.29 is 22.7 Å². The Balaban J connectivity index is 1.72. The number of rotatable bonds is 5. The Hall–Kier alpha value is -2.55. The lowest BCUT2D eigenvalue weighted by Crippen LogP contribution is -2.20. The van der Waals surface area contributed by atoms with Crippen LogP contribution in [0.4, 0.5) is 13.6 Å². The Morgan fingerprint density at radius 3 is 2.59 bits per heavy atom. The van der Waals surface area contributed by atoms with E-state index in [1.165, 1.54) is 0 Å². The molecule has 2 N–H and O–H groups in total. The summed E-state index contributed by atoms with van der Waals surface area (Å²) in [7, 11) is 0. The number of primary amides is 1. The molecule has 0 saturated heterocycles. The monoisotopic (exact) mass is 437 g/mol. The van der Waals surface area contributed by atoms with E-state index in [1.807, 2.05) is 0 Å². The molecule has 2 heterocycles. The second-order valence-corrected chi connectivity index (χ2v) is 7.27. The molecule has 1 aliphatic rings.